The van der Waals surface area contributed by atoms with Crippen LogP contribution in [0.2, 0.25) is 0 Å². The Balaban J connectivity index is 1.95. The second-order valence-electron chi connectivity index (χ2n) is 7.14. The Kier molecular flexibility index (Phi) is 1.89. The highest BCUT2D eigenvalue weighted by Gasteiger charge is 2.58. The van der Waals surface area contributed by atoms with Crippen molar-refractivity contribution < 1.29 is 0 Å². The zero-order valence-corrected chi connectivity index (χ0v) is 12.6. The zero-order valence-electron chi connectivity index (χ0n) is 12.6. The Morgan fingerprint density at radius 3 is 2.38 bits per heavy atom. The van der Waals surface area contributed by atoms with Gasteiger partial charge in [0.15, 0.2) is 0 Å². The van der Waals surface area contributed by atoms with Gasteiger partial charge in [-0.25, -0.2) is 0 Å². The summed E-state index contributed by atoms with van der Waals surface area (Å²) in [7, 11) is 2.21. The largest absolute Gasteiger partial charge is 0.379 e. The van der Waals surface area contributed by atoms with E-state index in [-0.39, 0.29) is 10.8 Å². The van der Waals surface area contributed by atoms with Gasteiger partial charge in [-0.05, 0) is 34.2 Å². The van der Waals surface area contributed by atoms with E-state index in [1.165, 1.54) is 28.7 Å². The molecule has 0 fully saturated rings. The first-order valence-corrected chi connectivity index (χ1v) is 7.78. The van der Waals surface area contributed by atoms with Gasteiger partial charge in [0, 0.05) is 30.6 Å². The molecule has 0 radical (unpaired) electrons. The van der Waals surface area contributed by atoms with Gasteiger partial charge in [-0.2, -0.15) is 0 Å². The van der Waals surface area contributed by atoms with E-state index in [2.05, 4.69) is 73.6 Å². The molecule has 5 rings (SSSR count). The minimum atomic E-state index is 0.162. The lowest BCUT2D eigenvalue weighted by molar-refractivity contribution is 0.359. The van der Waals surface area contributed by atoms with Crippen LogP contribution in [0.5, 0.6) is 0 Å². The molecule has 1 heteroatoms. The maximum absolute atomic E-state index is 2.44. The van der Waals surface area contributed by atoms with Crippen LogP contribution in [-0.4, -0.2) is 18.5 Å². The Bertz CT molecular complexity index is 803. The number of hydrogen-bond donors (Lipinski definition) is 0. The molecule has 0 aromatic heterocycles. The fraction of sp³-hybridized carbons (Fsp3) is 0.300. The fourth-order valence-electron chi connectivity index (χ4n) is 5.22. The van der Waals surface area contributed by atoms with Crippen molar-refractivity contribution >= 4 is 5.57 Å². The van der Waals surface area contributed by atoms with Crippen molar-refractivity contribution in [2.75, 3.05) is 13.6 Å². The second kappa shape index (κ2) is 3.41. The molecule has 1 spiro atoms. The van der Waals surface area contributed by atoms with Crippen LogP contribution >= 0.6 is 0 Å². The molecule has 1 nitrogen and oxygen atoms in total. The van der Waals surface area contributed by atoms with E-state index >= 15 is 0 Å². The average Bonchev–Trinajstić information content (AvgIpc) is 2.95. The third kappa shape index (κ3) is 1.16. The van der Waals surface area contributed by atoms with Crippen LogP contribution in [0.15, 0.2) is 54.7 Å². The van der Waals surface area contributed by atoms with Crippen molar-refractivity contribution in [3.8, 4) is 0 Å². The van der Waals surface area contributed by atoms with Crippen molar-refractivity contribution in [1.29, 1.82) is 0 Å². The molecule has 104 valence electrons. The molecule has 1 heterocycles. The highest BCUT2D eigenvalue weighted by atomic mass is 15.1. The second-order valence-corrected chi connectivity index (χ2v) is 7.14. The Morgan fingerprint density at radius 1 is 0.905 bits per heavy atom. The van der Waals surface area contributed by atoms with Crippen LogP contribution in [0, 0.1) is 0 Å². The summed E-state index contributed by atoms with van der Waals surface area (Å²) in [6.45, 7) is 3.55. The molecule has 0 saturated carbocycles. The molecular formula is C20H19N. The highest BCUT2D eigenvalue weighted by Crippen LogP contribution is 2.64. The van der Waals surface area contributed by atoms with E-state index in [0.29, 0.717) is 0 Å². The standard InChI is InChI=1S/C20H19N/c1-19-12-20(17-10-6-5-9-16(17)19)13-21(2)11-18(20)14-7-3-4-8-15(14)19/h3-11H,12-13H2,1-2H3. The minimum absolute atomic E-state index is 0.162. The normalized spacial score (nSPS) is 31.5. The molecule has 3 aliphatic rings. The van der Waals surface area contributed by atoms with Gasteiger partial charge >= 0.3 is 0 Å². The maximum Gasteiger partial charge on any atom is 0.0412 e. The molecule has 2 aromatic carbocycles. The van der Waals surface area contributed by atoms with E-state index in [9.17, 15) is 0 Å². The Hall–Kier alpha value is -2.02. The number of nitrogens with zero attached hydrogens (tertiary/aromatic N) is 1. The van der Waals surface area contributed by atoms with Gasteiger partial charge in [-0.3, -0.25) is 0 Å². The number of likely N-dealkylation sites (N-methyl/N-ethyl adjacent to an activating group) is 1. The first-order valence-electron chi connectivity index (χ1n) is 7.78. The van der Waals surface area contributed by atoms with E-state index in [0.717, 1.165) is 6.54 Å². The SMILES string of the molecule is CN1C=C2c3ccccc3C3(C)CC2(C1)c1ccccc13. The predicted octanol–water partition coefficient (Wildman–Crippen LogP) is 3.93. The van der Waals surface area contributed by atoms with Crippen LogP contribution in [0.3, 0.4) is 0 Å². The summed E-state index contributed by atoms with van der Waals surface area (Å²) in [4.78, 5) is 2.37. The van der Waals surface area contributed by atoms with Gasteiger partial charge in [0.2, 0.25) is 0 Å². The first kappa shape index (κ1) is 11.6. The summed E-state index contributed by atoms with van der Waals surface area (Å²) >= 11 is 0. The quantitative estimate of drug-likeness (QED) is 0.703. The highest BCUT2D eigenvalue weighted by molar-refractivity contribution is 5.86. The van der Waals surface area contributed by atoms with Crippen molar-refractivity contribution in [3.63, 3.8) is 0 Å². The van der Waals surface area contributed by atoms with Gasteiger partial charge < -0.3 is 4.90 Å². The predicted molar refractivity (Wildman–Crippen MR) is 86.2 cm³/mol. The molecule has 2 bridgehead atoms. The molecule has 2 aliphatic carbocycles. The lowest BCUT2D eigenvalue weighted by Gasteiger charge is -2.39. The molecule has 21 heavy (non-hydrogen) atoms. The zero-order chi connectivity index (χ0) is 14.2. The summed E-state index contributed by atoms with van der Waals surface area (Å²) < 4.78 is 0. The smallest absolute Gasteiger partial charge is 0.0412 e. The number of hydrogen-bond acceptors (Lipinski definition) is 1. The van der Waals surface area contributed by atoms with Crippen LogP contribution in [0.4, 0.5) is 0 Å². The molecular weight excluding hydrogens is 254 g/mol. The van der Waals surface area contributed by atoms with Gasteiger partial charge in [-0.1, -0.05) is 55.5 Å². The van der Waals surface area contributed by atoms with Crippen LogP contribution in [-0.2, 0) is 10.8 Å². The summed E-state index contributed by atoms with van der Waals surface area (Å²) in [6.07, 6.45) is 3.59. The van der Waals surface area contributed by atoms with E-state index < -0.39 is 0 Å². The van der Waals surface area contributed by atoms with Crippen LogP contribution in [0.25, 0.3) is 5.57 Å². The van der Waals surface area contributed by atoms with E-state index in [1.807, 2.05) is 0 Å². The minimum Gasteiger partial charge on any atom is -0.379 e. The average molecular weight is 273 g/mol. The van der Waals surface area contributed by atoms with Crippen molar-refractivity contribution in [2.24, 2.45) is 0 Å². The van der Waals surface area contributed by atoms with Crippen molar-refractivity contribution in [2.45, 2.75) is 24.2 Å². The molecule has 2 aromatic rings. The third-order valence-electron chi connectivity index (χ3n) is 5.89. The lowest BCUT2D eigenvalue weighted by Crippen LogP contribution is -2.37. The van der Waals surface area contributed by atoms with Gasteiger partial charge in [0.1, 0.15) is 0 Å². The molecule has 0 amide bonds. The van der Waals surface area contributed by atoms with Crippen LogP contribution < -0.4 is 0 Å². The van der Waals surface area contributed by atoms with E-state index in [1.54, 1.807) is 5.56 Å². The summed E-state index contributed by atoms with van der Waals surface area (Å²) in [6, 6.07) is 18.1. The topological polar surface area (TPSA) is 3.24 Å². The lowest BCUT2D eigenvalue weighted by atomic mass is 9.63. The third-order valence-corrected chi connectivity index (χ3v) is 5.89. The summed E-state index contributed by atoms with van der Waals surface area (Å²) in [5.41, 5.74) is 7.96. The number of rotatable bonds is 0. The monoisotopic (exact) mass is 273 g/mol. The van der Waals surface area contributed by atoms with Gasteiger partial charge in [-0.15, -0.1) is 0 Å². The van der Waals surface area contributed by atoms with Crippen molar-refractivity contribution in [3.05, 3.63) is 77.0 Å². The van der Waals surface area contributed by atoms with Gasteiger partial charge in [0.25, 0.3) is 0 Å². The molecule has 2 atom stereocenters. The molecule has 0 N–H and O–H groups in total. The van der Waals surface area contributed by atoms with Crippen LogP contribution in [0.1, 0.15) is 35.6 Å². The number of benzene rings is 2. The first-order chi connectivity index (χ1) is 10.2. The van der Waals surface area contributed by atoms with Gasteiger partial charge in [0.05, 0.1) is 0 Å². The van der Waals surface area contributed by atoms with Crippen molar-refractivity contribution in [1.82, 2.24) is 4.90 Å². The molecule has 0 saturated heterocycles. The summed E-state index contributed by atoms with van der Waals surface area (Å²) in [5.74, 6) is 0. The fourth-order valence-corrected chi connectivity index (χ4v) is 5.22. The Labute approximate surface area is 125 Å². The summed E-state index contributed by atoms with van der Waals surface area (Å²) in [5, 5.41) is 0. The maximum atomic E-state index is 2.44. The number of fused-ring (bicyclic) bond motifs is 3. The molecule has 2 unspecified atom stereocenters. The Morgan fingerprint density at radius 2 is 1.57 bits per heavy atom. The van der Waals surface area contributed by atoms with E-state index in [4.69, 9.17) is 0 Å². The molecule has 1 aliphatic heterocycles.